The minimum atomic E-state index is 0.933. The summed E-state index contributed by atoms with van der Waals surface area (Å²) in [5, 5.41) is 0. The second kappa shape index (κ2) is 19.8. The number of hydrogen-bond acceptors (Lipinski definition) is 2. The van der Waals surface area contributed by atoms with Gasteiger partial charge < -0.3 is 0 Å². The third-order valence-corrected chi connectivity index (χ3v) is 22.9. The normalized spacial score (nSPS) is 45.7. The van der Waals surface area contributed by atoms with Gasteiger partial charge in [0.05, 0.1) is 0 Å². The highest BCUT2D eigenvalue weighted by molar-refractivity contribution is 5.10. The van der Waals surface area contributed by atoms with Crippen molar-refractivity contribution in [3.05, 3.63) is 0 Å². The Morgan fingerprint density at radius 1 is 0.167 bits per heavy atom. The molecule has 0 aromatic heterocycles. The van der Waals surface area contributed by atoms with E-state index in [2.05, 4.69) is 9.80 Å². The predicted octanol–water partition coefficient (Wildman–Crippen LogP) is 15.9. The first-order chi connectivity index (χ1) is 29.8. The SMILES string of the molecule is C1CCC(N(C2CCCCC2)C2CCC(C3C4CCCCC4C(C4CCC(N(C5CCCCC5)C5CCCCC5)C5CCCCC45)C4CCCCC43)C3CCCCC32)CC1. The molecule has 11 aliphatic carbocycles. The number of fused-ring (bicyclic) bond motifs is 4. The van der Waals surface area contributed by atoms with Gasteiger partial charge in [-0.3, -0.25) is 9.80 Å². The Hall–Kier alpha value is -0.0800. The fourth-order valence-electron chi connectivity index (χ4n) is 21.1. The fraction of sp³-hybridized carbons (Fsp3) is 1.00. The van der Waals surface area contributed by atoms with Crippen molar-refractivity contribution in [1.29, 1.82) is 0 Å². The Balaban J connectivity index is 0.878. The Morgan fingerprint density at radius 2 is 0.383 bits per heavy atom. The first-order valence-corrected chi connectivity index (χ1v) is 29.4. The molecule has 11 aliphatic rings. The van der Waals surface area contributed by atoms with E-state index in [0.717, 1.165) is 107 Å². The number of hydrogen-bond donors (Lipinski definition) is 0. The summed E-state index contributed by atoms with van der Waals surface area (Å²) in [6, 6.07) is 5.62. The average Bonchev–Trinajstić information content (AvgIpc) is 3.33. The highest BCUT2D eigenvalue weighted by Crippen LogP contribution is 2.66. The van der Waals surface area contributed by atoms with Crippen LogP contribution in [0.1, 0.15) is 257 Å². The number of nitrogens with zero attached hydrogens (tertiary/aromatic N) is 2. The topological polar surface area (TPSA) is 6.48 Å². The molecule has 340 valence electrons. The first kappa shape index (κ1) is 42.5. The van der Waals surface area contributed by atoms with Gasteiger partial charge >= 0.3 is 0 Å². The molecule has 2 heteroatoms. The van der Waals surface area contributed by atoms with Gasteiger partial charge in [0.15, 0.2) is 0 Å². The van der Waals surface area contributed by atoms with Crippen molar-refractivity contribution in [1.82, 2.24) is 9.80 Å². The zero-order valence-corrected chi connectivity index (χ0v) is 39.6. The van der Waals surface area contributed by atoms with Crippen LogP contribution in [-0.2, 0) is 0 Å². The molecule has 0 bridgehead atoms. The van der Waals surface area contributed by atoms with Crippen molar-refractivity contribution >= 4 is 0 Å². The van der Waals surface area contributed by atoms with Gasteiger partial charge in [-0.05, 0) is 199 Å². The molecule has 0 amide bonds. The summed E-state index contributed by atoms with van der Waals surface area (Å²) in [7, 11) is 0. The van der Waals surface area contributed by atoms with Gasteiger partial charge in [0, 0.05) is 36.3 Å². The molecule has 0 heterocycles. The zero-order valence-electron chi connectivity index (χ0n) is 39.6. The smallest absolute Gasteiger partial charge is 0.0132 e. The van der Waals surface area contributed by atoms with Crippen LogP contribution in [0.25, 0.3) is 0 Å². The van der Waals surface area contributed by atoms with Gasteiger partial charge in [-0.1, -0.05) is 128 Å². The highest BCUT2D eigenvalue weighted by atomic mass is 15.2. The average molecular weight is 823 g/mol. The molecule has 0 aromatic rings. The molecule has 0 saturated heterocycles. The molecule has 12 atom stereocenters. The Morgan fingerprint density at radius 3 is 0.667 bits per heavy atom. The largest absolute Gasteiger partial charge is 0.294 e. The molecule has 12 unspecified atom stereocenters. The van der Waals surface area contributed by atoms with Crippen molar-refractivity contribution in [3.63, 3.8) is 0 Å². The van der Waals surface area contributed by atoms with E-state index < -0.39 is 0 Å². The second-order valence-corrected chi connectivity index (χ2v) is 25.3. The first-order valence-electron chi connectivity index (χ1n) is 29.4. The molecular formula is C58H98N2. The van der Waals surface area contributed by atoms with E-state index in [1.54, 1.807) is 128 Å². The van der Waals surface area contributed by atoms with Crippen LogP contribution in [0.15, 0.2) is 0 Å². The third kappa shape index (κ3) is 8.35. The molecule has 0 N–H and O–H groups in total. The lowest BCUT2D eigenvalue weighted by Gasteiger charge is -2.64. The zero-order chi connectivity index (χ0) is 39.8. The standard InChI is InChI=1S/C58H98N2/c1-5-21-41(22-6-1)59(42-23-7-2-8-24-42)55-39-37-53(45-29-13-15-31-47(45)55)57-49-33-17-19-35-51(49)58(52-36-20-18-34-50(52)57)54-38-40-56(48-32-16-14-30-46(48)54)60(43-25-9-3-10-26-43)44-27-11-4-12-28-44/h41-58H,1-40H2. The minimum absolute atomic E-state index is 0.933. The van der Waals surface area contributed by atoms with E-state index in [-0.39, 0.29) is 0 Å². The van der Waals surface area contributed by atoms with E-state index in [4.69, 9.17) is 0 Å². The quantitative estimate of drug-likeness (QED) is 0.241. The molecule has 0 radical (unpaired) electrons. The van der Waals surface area contributed by atoms with Crippen molar-refractivity contribution in [3.8, 4) is 0 Å². The van der Waals surface area contributed by atoms with Gasteiger partial charge in [0.1, 0.15) is 0 Å². The summed E-state index contributed by atoms with van der Waals surface area (Å²) in [6.07, 6.45) is 62.6. The maximum Gasteiger partial charge on any atom is 0.0132 e. The van der Waals surface area contributed by atoms with E-state index in [0.29, 0.717) is 0 Å². The summed E-state index contributed by atoms with van der Waals surface area (Å²) in [5.74, 6) is 13.0. The van der Waals surface area contributed by atoms with Crippen molar-refractivity contribution in [2.75, 3.05) is 0 Å². The van der Waals surface area contributed by atoms with Crippen molar-refractivity contribution in [2.24, 2.45) is 71.0 Å². The van der Waals surface area contributed by atoms with Crippen LogP contribution in [0.3, 0.4) is 0 Å². The monoisotopic (exact) mass is 823 g/mol. The van der Waals surface area contributed by atoms with E-state index in [1.165, 1.54) is 128 Å². The third-order valence-electron chi connectivity index (χ3n) is 22.9. The second-order valence-electron chi connectivity index (χ2n) is 25.3. The molecule has 0 aromatic carbocycles. The molecule has 0 spiro atoms. The number of rotatable bonds is 8. The summed E-state index contributed by atoms with van der Waals surface area (Å²) >= 11 is 0. The maximum absolute atomic E-state index is 3.39. The van der Waals surface area contributed by atoms with Crippen LogP contribution in [0.2, 0.25) is 0 Å². The van der Waals surface area contributed by atoms with Crippen LogP contribution in [0, 0.1) is 71.0 Å². The summed E-state index contributed by atoms with van der Waals surface area (Å²) in [4.78, 5) is 6.78. The lowest BCUT2D eigenvalue weighted by atomic mass is 9.42. The van der Waals surface area contributed by atoms with Crippen LogP contribution in [-0.4, -0.2) is 46.1 Å². The molecule has 0 aliphatic heterocycles. The van der Waals surface area contributed by atoms with Gasteiger partial charge in [0.25, 0.3) is 0 Å². The predicted molar refractivity (Wildman–Crippen MR) is 253 cm³/mol. The fourth-order valence-corrected chi connectivity index (χ4v) is 21.1. The van der Waals surface area contributed by atoms with Crippen molar-refractivity contribution < 1.29 is 0 Å². The van der Waals surface area contributed by atoms with Gasteiger partial charge in [-0.25, -0.2) is 0 Å². The van der Waals surface area contributed by atoms with Gasteiger partial charge in [-0.15, -0.1) is 0 Å². The molecule has 2 nitrogen and oxygen atoms in total. The van der Waals surface area contributed by atoms with E-state index in [1.807, 2.05) is 0 Å². The summed E-state index contributed by atoms with van der Waals surface area (Å²) in [5.41, 5.74) is 0. The Bertz CT molecular complexity index is 1160. The molecule has 11 fully saturated rings. The van der Waals surface area contributed by atoms with E-state index in [9.17, 15) is 0 Å². The van der Waals surface area contributed by atoms with Gasteiger partial charge in [-0.2, -0.15) is 0 Å². The van der Waals surface area contributed by atoms with Crippen LogP contribution in [0.4, 0.5) is 0 Å². The van der Waals surface area contributed by atoms with Crippen LogP contribution >= 0.6 is 0 Å². The molecule has 60 heavy (non-hydrogen) atoms. The van der Waals surface area contributed by atoms with Gasteiger partial charge in [0.2, 0.25) is 0 Å². The van der Waals surface area contributed by atoms with Crippen LogP contribution in [0.5, 0.6) is 0 Å². The summed E-state index contributed by atoms with van der Waals surface area (Å²) in [6.45, 7) is 0. The maximum atomic E-state index is 3.39. The molecule has 11 rings (SSSR count). The van der Waals surface area contributed by atoms with Crippen LogP contribution < -0.4 is 0 Å². The Labute approximate surface area is 372 Å². The lowest BCUT2D eigenvalue weighted by Crippen LogP contribution is -2.61. The van der Waals surface area contributed by atoms with E-state index >= 15 is 0 Å². The van der Waals surface area contributed by atoms with Crippen molar-refractivity contribution in [2.45, 2.75) is 293 Å². The lowest BCUT2D eigenvalue weighted by molar-refractivity contribution is -0.156. The summed E-state index contributed by atoms with van der Waals surface area (Å²) < 4.78 is 0. The minimum Gasteiger partial charge on any atom is -0.294 e. The Kier molecular flexibility index (Phi) is 14.0. The molecular weight excluding hydrogens is 725 g/mol. The molecule has 11 saturated carbocycles. The highest BCUT2D eigenvalue weighted by Gasteiger charge is 2.60.